The van der Waals surface area contributed by atoms with Gasteiger partial charge in [-0.25, -0.2) is 4.98 Å². The highest BCUT2D eigenvalue weighted by molar-refractivity contribution is 5.90. The van der Waals surface area contributed by atoms with Gasteiger partial charge in [0.15, 0.2) is 0 Å². The average Bonchev–Trinajstić information content (AvgIpc) is 2.68. The molecule has 10 heteroatoms. The number of carbonyl (C=O) groups is 1. The molecule has 1 aromatic carbocycles. The number of aromatic nitrogens is 1. The molecule has 0 saturated carbocycles. The number of nitrogens with zero attached hydrogens (tertiary/aromatic N) is 1. The summed E-state index contributed by atoms with van der Waals surface area (Å²) in [5.41, 5.74) is 0.557. The topological polar surface area (TPSA) is 66.1 Å². The van der Waals surface area contributed by atoms with Crippen molar-refractivity contribution in [2.24, 2.45) is 5.92 Å². The van der Waals surface area contributed by atoms with E-state index in [0.717, 1.165) is 44.6 Å². The van der Waals surface area contributed by atoms with E-state index in [1.165, 1.54) is 6.07 Å². The first kappa shape index (κ1) is 26.0. The van der Waals surface area contributed by atoms with E-state index in [0.29, 0.717) is 29.5 Å². The van der Waals surface area contributed by atoms with Crippen molar-refractivity contribution in [3.8, 4) is 0 Å². The lowest BCUT2D eigenvalue weighted by molar-refractivity contribution is -0.137. The van der Waals surface area contributed by atoms with Gasteiger partial charge >= 0.3 is 6.18 Å². The van der Waals surface area contributed by atoms with Crippen LogP contribution in [-0.4, -0.2) is 24.0 Å². The normalized spacial score (nSPS) is 14.2. The van der Waals surface area contributed by atoms with Crippen molar-refractivity contribution in [1.82, 2.24) is 10.3 Å². The van der Waals surface area contributed by atoms with Crippen LogP contribution in [0.3, 0.4) is 0 Å². The molecule has 0 aliphatic carbocycles. The van der Waals surface area contributed by atoms with Crippen LogP contribution >= 0.6 is 24.8 Å². The fourth-order valence-electron chi connectivity index (χ4n) is 3.15. The fourth-order valence-corrected chi connectivity index (χ4v) is 3.15. The molecule has 0 spiro atoms. The summed E-state index contributed by atoms with van der Waals surface area (Å²) < 4.78 is 37.7. The maximum atomic E-state index is 12.6. The third-order valence-corrected chi connectivity index (χ3v) is 4.77. The zero-order valence-electron chi connectivity index (χ0n) is 16.2. The van der Waals surface area contributed by atoms with Crippen LogP contribution in [0.25, 0.3) is 0 Å². The Morgan fingerprint density at radius 2 is 1.67 bits per heavy atom. The van der Waals surface area contributed by atoms with Gasteiger partial charge in [0.05, 0.1) is 5.56 Å². The minimum absolute atomic E-state index is 0. The van der Waals surface area contributed by atoms with Crippen molar-refractivity contribution in [3.63, 3.8) is 0 Å². The number of halogens is 5. The Labute approximate surface area is 186 Å². The number of piperidine rings is 1. The molecule has 1 aliphatic heterocycles. The summed E-state index contributed by atoms with van der Waals surface area (Å²) in [6, 6.07) is 9.22. The first-order valence-corrected chi connectivity index (χ1v) is 9.31. The average molecular weight is 465 g/mol. The van der Waals surface area contributed by atoms with E-state index in [4.69, 9.17) is 0 Å². The largest absolute Gasteiger partial charge is 0.417 e. The number of pyridine rings is 1. The zero-order valence-corrected chi connectivity index (χ0v) is 17.8. The molecule has 0 radical (unpaired) electrons. The van der Waals surface area contributed by atoms with E-state index >= 15 is 0 Å². The number of carbonyl (C=O) groups excluding carboxylic acids is 1. The molecule has 0 bridgehead atoms. The predicted octanol–water partition coefficient (Wildman–Crippen LogP) is 5.41. The fraction of sp³-hybridized carbons (Fsp3) is 0.400. The summed E-state index contributed by atoms with van der Waals surface area (Å²) in [4.78, 5) is 15.9. The molecule has 1 fully saturated rings. The Hall–Kier alpha value is -2.03. The van der Waals surface area contributed by atoms with Gasteiger partial charge in [0.25, 0.3) is 0 Å². The van der Waals surface area contributed by atoms with E-state index in [1.807, 2.05) is 0 Å². The smallest absolute Gasteiger partial charge is 0.340 e. The number of benzene rings is 1. The van der Waals surface area contributed by atoms with Crippen LogP contribution in [0.4, 0.5) is 30.4 Å². The summed E-state index contributed by atoms with van der Waals surface area (Å²) in [6.07, 6.45) is 0.0166. The molecule has 1 amide bonds. The van der Waals surface area contributed by atoms with Crippen molar-refractivity contribution in [3.05, 3.63) is 48.2 Å². The van der Waals surface area contributed by atoms with Gasteiger partial charge in [0, 0.05) is 24.0 Å². The Kier molecular flexibility index (Phi) is 10.4. The van der Waals surface area contributed by atoms with Crippen LogP contribution in [-0.2, 0) is 11.0 Å². The molecule has 2 heterocycles. The summed E-state index contributed by atoms with van der Waals surface area (Å²) in [5.74, 6) is 0.908. The van der Waals surface area contributed by atoms with Gasteiger partial charge < -0.3 is 16.0 Å². The highest BCUT2D eigenvalue weighted by atomic mass is 35.5. The summed E-state index contributed by atoms with van der Waals surface area (Å²) >= 11 is 0. The highest BCUT2D eigenvalue weighted by Gasteiger charge is 2.30. The van der Waals surface area contributed by atoms with Gasteiger partial charge in [-0.05, 0) is 74.7 Å². The van der Waals surface area contributed by atoms with Crippen LogP contribution in [0, 0.1) is 5.92 Å². The van der Waals surface area contributed by atoms with Gasteiger partial charge in [-0.15, -0.1) is 24.8 Å². The molecule has 5 nitrogen and oxygen atoms in total. The number of hydrogen-bond acceptors (Lipinski definition) is 4. The maximum Gasteiger partial charge on any atom is 0.417 e. The molecule has 30 heavy (non-hydrogen) atoms. The second-order valence-electron chi connectivity index (χ2n) is 6.91. The number of hydrogen-bond donors (Lipinski definition) is 3. The van der Waals surface area contributed by atoms with Crippen LogP contribution in [0.1, 0.15) is 31.2 Å². The van der Waals surface area contributed by atoms with Gasteiger partial charge in [0.2, 0.25) is 5.91 Å². The monoisotopic (exact) mass is 464 g/mol. The van der Waals surface area contributed by atoms with Crippen LogP contribution in [0.15, 0.2) is 42.6 Å². The Morgan fingerprint density at radius 3 is 2.23 bits per heavy atom. The third-order valence-electron chi connectivity index (χ3n) is 4.77. The number of anilines is 3. The van der Waals surface area contributed by atoms with Gasteiger partial charge in [-0.3, -0.25) is 4.79 Å². The zero-order chi connectivity index (χ0) is 20.0. The molecule has 1 saturated heterocycles. The Balaban J connectivity index is 0.00000225. The first-order chi connectivity index (χ1) is 13.4. The molecular weight excluding hydrogens is 440 g/mol. The number of nitrogens with one attached hydrogen (secondary N) is 3. The van der Waals surface area contributed by atoms with Gasteiger partial charge in [0.1, 0.15) is 5.82 Å². The molecule has 2 aromatic rings. The van der Waals surface area contributed by atoms with E-state index in [9.17, 15) is 18.0 Å². The lowest BCUT2D eigenvalue weighted by Crippen LogP contribution is -2.28. The van der Waals surface area contributed by atoms with Gasteiger partial charge in [-0.1, -0.05) is 0 Å². The molecule has 166 valence electrons. The number of alkyl halides is 3. The standard InChI is InChI=1S/C20H23F3N4O.2ClH/c21-20(22,23)15-2-7-18(25-13-15)26-16-3-5-17(6-4-16)27-19(28)8-1-14-9-11-24-12-10-14;;/h2-7,13-14,24H,1,8-12H2,(H,25,26)(H,27,28);2*1H. The summed E-state index contributed by atoms with van der Waals surface area (Å²) in [6.45, 7) is 2.04. The van der Waals surface area contributed by atoms with Crippen molar-refractivity contribution in [1.29, 1.82) is 0 Å². The second kappa shape index (κ2) is 12.0. The first-order valence-electron chi connectivity index (χ1n) is 9.31. The molecule has 1 aliphatic rings. The van der Waals surface area contributed by atoms with Gasteiger partial charge in [-0.2, -0.15) is 13.2 Å². The summed E-state index contributed by atoms with van der Waals surface area (Å²) in [5, 5.41) is 9.12. The lowest BCUT2D eigenvalue weighted by atomic mass is 9.93. The van der Waals surface area contributed by atoms with E-state index in [2.05, 4.69) is 20.9 Å². The lowest BCUT2D eigenvalue weighted by Gasteiger charge is -2.22. The van der Waals surface area contributed by atoms with Crippen molar-refractivity contribution in [2.45, 2.75) is 31.9 Å². The molecule has 3 rings (SSSR count). The van der Waals surface area contributed by atoms with E-state index < -0.39 is 11.7 Å². The Bertz CT molecular complexity index is 780. The molecule has 3 N–H and O–H groups in total. The predicted molar refractivity (Wildman–Crippen MR) is 117 cm³/mol. The molecule has 0 atom stereocenters. The van der Waals surface area contributed by atoms with Crippen molar-refractivity contribution >= 4 is 47.9 Å². The molecule has 1 aromatic heterocycles. The summed E-state index contributed by atoms with van der Waals surface area (Å²) in [7, 11) is 0. The number of amides is 1. The van der Waals surface area contributed by atoms with Crippen LogP contribution < -0.4 is 16.0 Å². The van der Waals surface area contributed by atoms with Crippen LogP contribution in [0.2, 0.25) is 0 Å². The molecular formula is C20H25Cl2F3N4O. The maximum absolute atomic E-state index is 12.6. The van der Waals surface area contributed by atoms with Crippen molar-refractivity contribution in [2.75, 3.05) is 23.7 Å². The minimum atomic E-state index is -4.40. The third kappa shape index (κ3) is 8.01. The quantitative estimate of drug-likeness (QED) is 0.534. The second-order valence-corrected chi connectivity index (χ2v) is 6.91. The van der Waals surface area contributed by atoms with E-state index in [-0.39, 0.29) is 30.7 Å². The van der Waals surface area contributed by atoms with E-state index in [1.54, 1.807) is 24.3 Å². The SMILES string of the molecule is Cl.Cl.O=C(CCC1CCNCC1)Nc1ccc(Nc2ccc(C(F)(F)F)cn2)cc1. The van der Waals surface area contributed by atoms with Crippen molar-refractivity contribution < 1.29 is 18.0 Å². The highest BCUT2D eigenvalue weighted by Crippen LogP contribution is 2.29. The minimum Gasteiger partial charge on any atom is -0.340 e. The van der Waals surface area contributed by atoms with Crippen LogP contribution in [0.5, 0.6) is 0 Å². The molecule has 0 unspecified atom stereocenters. The Morgan fingerprint density at radius 1 is 1.03 bits per heavy atom. The number of rotatable bonds is 6.